The van der Waals surface area contributed by atoms with Gasteiger partial charge in [-0.15, -0.1) is 0 Å². The first kappa shape index (κ1) is 18.9. The lowest BCUT2D eigenvalue weighted by molar-refractivity contribution is -0.140. The first-order chi connectivity index (χ1) is 13.3. The second-order valence-corrected chi connectivity index (χ2v) is 8.55. The number of hydrogen-bond acceptors (Lipinski definition) is 5. The average Bonchev–Trinajstić information content (AvgIpc) is 3.47. The molecule has 2 aliphatic carbocycles. The molecule has 0 spiro atoms. The molecule has 4 rings (SSSR count). The molecule has 0 N–H and O–H groups in total. The van der Waals surface area contributed by atoms with E-state index in [1.165, 1.54) is 38.5 Å². The van der Waals surface area contributed by atoms with Gasteiger partial charge in [0, 0.05) is 25.5 Å². The molecule has 2 saturated carbocycles. The highest BCUT2D eigenvalue weighted by molar-refractivity contribution is 5.79. The third-order valence-electron chi connectivity index (χ3n) is 6.56. The summed E-state index contributed by atoms with van der Waals surface area (Å²) in [7, 11) is 0. The molecule has 1 amide bonds. The highest BCUT2D eigenvalue weighted by atomic mass is 16.5. The maximum absolute atomic E-state index is 12.9. The van der Waals surface area contributed by atoms with Crippen molar-refractivity contribution in [3.05, 3.63) is 11.7 Å². The summed E-state index contributed by atoms with van der Waals surface area (Å²) in [6.45, 7) is 2.32. The molecule has 1 atom stereocenters. The van der Waals surface area contributed by atoms with Crippen LogP contribution in [0, 0.1) is 11.8 Å². The van der Waals surface area contributed by atoms with Crippen molar-refractivity contribution in [1.29, 1.82) is 0 Å². The molecular weight excluding hydrogens is 342 g/mol. The van der Waals surface area contributed by atoms with Crippen LogP contribution in [0.1, 0.15) is 88.4 Å². The van der Waals surface area contributed by atoms with E-state index in [9.17, 15) is 4.79 Å². The van der Waals surface area contributed by atoms with Crippen molar-refractivity contribution in [2.24, 2.45) is 11.8 Å². The minimum Gasteiger partial charge on any atom is -0.381 e. The van der Waals surface area contributed by atoms with Crippen LogP contribution in [0.4, 0.5) is 0 Å². The zero-order valence-corrected chi connectivity index (χ0v) is 16.4. The standard InChI is InChI=1S/C21H33N3O3/c25-21(17-9-3-4-10-17)24-13-6-5-11-18(24)20-22-19(23-27-20)12-14-26-15-16-7-1-2-8-16/h16-18H,1-15H2. The first-order valence-electron chi connectivity index (χ1n) is 11.0. The zero-order valence-electron chi connectivity index (χ0n) is 16.4. The summed E-state index contributed by atoms with van der Waals surface area (Å²) in [5.41, 5.74) is 0. The maximum Gasteiger partial charge on any atom is 0.249 e. The number of amides is 1. The summed E-state index contributed by atoms with van der Waals surface area (Å²) in [4.78, 5) is 19.6. The van der Waals surface area contributed by atoms with Gasteiger partial charge in [-0.05, 0) is 50.9 Å². The molecule has 3 aliphatic rings. The third-order valence-corrected chi connectivity index (χ3v) is 6.56. The van der Waals surface area contributed by atoms with Gasteiger partial charge in [0.1, 0.15) is 6.04 Å². The largest absolute Gasteiger partial charge is 0.381 e. The van der Waals surface area contributed by atoms with Crippen LogP contribution in [0.15, 0.2) is 4.52 Å². The average molecular weight is 376 g/mol. The molecule has 0 bridgehead atoms. The van der Waals surface area contributed by atoms with E-state index in [4.69, 9.17) is 9.26 Å². The molecule has 6 nitrogen and oxygen atoms in total. The van der Waals surface area contributed by atoms with E-state index >= 15 is 0 Å². The van der Waals surface area contributed by atoms with Crippen molar-refractivity contribution in [3.8, 4) is 0 Å². The monoisotopic (exact) mass is 375 g/mol. The van der Waals surface area contributed by atoms with E-state index in [-0.39, 0.29) is 12.0 Å². The number of hydrogen-bond donors (Lipinski definition) is 0. The van der Waals surface area contributed by atoms with Crippen molar-refractivity contribution in [3.63, 3.8) is 0 Å². The van der Waals surface area contributed by atoms with Gasteiger partial charge in [0.2, 0.25) is 11.8 Å². The normalized spacial score (nSPS) is 24.7. The van der Waals surface area contributed by atoms with Crippen molar-refractivity contribution < 1.29 is 14.1 Å². The van der Waals surface area contributed by atoms with Crippen LogP contribution in [-0.2, 0) is 16.0 Å². The Kier molecular flexibility index (Phi) is 6.43. The van der Waals surface area contributed by atoms with Gasteiger partial charge in [-0.1, -0.05) is 30.8 Å². The molecule has 0 radical (unpaired) electrons. The predicted octanol–water partition coefficient (Wildman–Crippen LogP) is 4.06. The Morgan fingerprint density at radius 2 is 1.78 bits per heavy atom. The minimum atomic E-state index is -0.0347. The second-order valence-electron chi connectivity index (χ2n) is 8.55. The maximum atomic E-state index is 12.9. The number of piperidine rings is 1. The Balaban J connectivity index is 1.30. The highest BCUT2D eigenvalue weighted by Gasteiger charge is 2.36. The lowest BCUT2D eigenvalue weighted by atomic mass is 9.98. The molecule has 1 unspecified atom stereocenters. The Bertz CT molecular complexity index is 606. The summed E-state index contributed by atoms with van der Waals surface area (Å²) in [6, 6.07) is -0.0347. The van der Waals surface area contributed by atoms with Gasteiger partial charge in [0.25, 0.3) is 0 Å². The fraction of sp³-hybridized carbons (Fsp3) is 0.857. The Labute approximate surface area is 162 Å². The van der Waals surface area contributed by atoms with Crippen LogP contribution in [0.5, 0.6) is 0 Å². The van der Waals surface area contributed by atoms with Crippen molar-refractivity contribution in [2.45, 2.75) is 83.1 Å². The fourth-order valence-corrected chi connectivity index (χ4v) is 4.95. The number of aromatic nitrogens is 2. The van der Waals surface area contributed by atoms with Gasteiger partial charge in [0.15, 0.2) is 5.82 Å². The molecule has 3 fully saturated rings. The molecule has 27 heavy (non-hydrogen) atoms. The smallest absolute Gasteiger partial charge is 0.249 e. The van der Waals surface area contributed by atoms with Crippen molar-refractivity contribution in [1.82, 2.24) is 15.0 Å². The molecule has 2 heterocycles. The quantitative estimate of drug-likeness (QED) is 0.672. The van der Waals surface area contributed by atoms with Crippen LogP contribution in [0.3, 0.4) is 0 Å². The Hall–Kier alpha value is -1.43. The number of carbonyl (C=O) groups excluding carboxylic acids is 1. The zero-order chi connectivity index (χ0) is 18.5. The predicted molar refractivity (Wildman–Crippen MR) is 101 cm³/mol. The van der Waals surface area contributed by atoms with E-state index in [2.05, 4.69) is 10.1 Å². The number of likely N-dealkylation sites (tertiary alicyclic amines) is 1. The van der Waals surface area contributed by atoms with E-state index in [0.717, 1.165) is 51.2 Å². The van der Waals surface area contributed by atoms with Crippen LogP contribution in [-0.4, -0.2) is 40.7 Å². The molecule has 1 aromatic heterocycles. The fourth-order valence-electron chi connectivity index (χ4n) is 4.95. The Morgan fingerprint density at radius 3 is 2.59 bits per heavy atom. The molecule has 1 aliphatic heterocycles. The molecule has 150 valence electrons. The minimum absolute atomic E-state index is 0.0347. The van der Waals surface area contributed by atoms with Gasteiger partial charge < -0.3 is 14.2 Å². The van der Waals surface area contributed by atoms with Crippen LogP contribution >= 0.6 is 0 Å². The molecule has 1 aromatic rings. The highest BCUT2D eigenvalue weighted by Crippen LogP contribution is 2.34. The van der Waals surface area contributed by atoms with Gasteiger partial charge in [-0.2, -0.15) is 4.98 Å². The van der Waals surface area contributed by atoms with Gasteiger partial charge in [-0.25, -0.2) is 0 Å². The van der Waals surface area contributed by atoms with Gasteiger partial charge in [-0.3, -0.25) is 4.79 Å². The summed E-state index contributed by atoms with van der Waals surface area (Å²) in [5, 5.41) is 4.15. The lowest BCUT2D eigenvalue weighted by Crippen LogP contribution is -2.41. The summed E-state index contributed by atoms with van der Waals surface area (Å²) in [6.07, 6.45) is 13.5. The van der Waals surface area contributed by atoms with Crippen LogP contribution in [0.2, 0.25) is 0 Å². The number of rotatable bonds is 7. The molecule has 1 saturated heterocycles. The Morgan fingerprint density at radius 1 is 1.04 bits per heavy atom. The van der Waals surface area contributed by atoms with Crippen molar-refractivity contribution >= 4 is 5.91 Å². The topological polar surface area (TPSA) is 68.5 Å². The van der Waals surface area contributed by atoms with E-state index < -0.39 is 0 Å². The first-order valence-corrected chi connectivity index (χ1v) is 11.0. The summed E-state index contributed by atoms with van der Waals surface area (Å²) >= 11 is 0. The second kappa shape index (κ2) is 9.18. The number of nitrogens with zero attached hydrogens (tertiary/aromatic N) is 3. The van der Waals surface area contributed by atoms with E-state index in [0.29, 0.717) is 30.7 Å². The van der Waals surface area contributed by atoms with Crippen molar-refractivity contribution in [2.75, 3.05) is 19.8 Å². The molecule has 6 heteroatoms. The van der Waals surface area contributed by atoms with Crippen LogP contribution in [0.25, 0.3) is 0 Å². The van der Waals surface area contributed by atoms with Crippen LogP contribution < -0.4 is 0 Å². The molecule has 0 aromatic carbocycles. The third kappa shape index (κ3) is 4.71. The lowest BCUT2D eigenvalue weighted by Gasteiger charge is -2.35. The SMILES string of the molecule is O=C(C1CCCC1)N1CCCCC1c1nc(CCOCC2CCCC2)no1. The summed E-state index contributed by atoms with van der Waals surface area (Å²) in [5.74, 6) is 2.57. The number of ether oxygens (including phenoxy) is 1. The van der Waals surface area contributed by atoms with Gasteiger partial charge in [0.05, 0.1) is 6.61 Å². The van der Waals surface area contributed by atoms with Gasteiger partial charge >= 0.3 is 0 Å². The van der Waals surface area contributed by atoms with E-state index in [1.54, 1.807) is 0 Å². The van der Waals surface area contributed by atoms with E-state index in [1.807, 2.05) is 4.90 Å². The summed E-state index contributed by atoms with van der Waals surface area (Å²) < 4.78 is 11.4. The molecular formula is C21H33N3O3. The number of carbonyl (C=O) groups is 1.